The van der Waals surface area contributed by atoms with Gasteiger partial charge in [0.25, 0.3) is 0 Å². The Labute approximate surface area is 213 Å². The molecule has 196 valence electrons. The van der Waals surface area contributed by atoms with E-state index in [9.17, 15) is 9.59 Å². The van der Waals surface area contributed by atoms with Crippen LogP contribution >= 0.6 is 0 Å². The summed E-state index contributed by atoms with van der Waals surface area (Å²) >= 11 is 0. The number of benzene rings is 1. The molecule has 0 bridgehead atoms. The van der Waals surface area contributed by atoms with Crippen molar-refractivity contribution >= 4 is 12.0 Å². The summed E-state index contributed by atoms with van der Waals surface area (Å²) in [5.41, 5.74) is 1.28. The zero-order valence-electron chi connectivity index (χ0n) is 21.6. The number of carbonyl (C=O) groups is 2. The maximum absolute atomic E-state index is 13.2. The van der Waals surface area contributed by atoms with Crippen LogP contribution in [0.2, 0.25) is 0 Å². The zero-order chi connectivity index (χ0) is 26.0. The van der Waals surface area contributed by atoms with Crippen LogP contribution in [0.5, 0.6) is 11.5 Å². The standard InChI is InChI=1S/C27H38N4O5/c1-5-19(11-15-30-26(33)36-27(2,3)4)10-14-29-24(21-6-7-22-23(16-21)35-18-34-22)25(32)31-17-20-8-12-28-13-9-20/h6-9,12-13,16,19,24,29H,5,10-11,14-15,17-18H2,1-4H3,(H,30,33)(H,31,32). The topological polar surface area (TPSA) is 111 Å². The van der Waals surface area contributed by atoms with E-state index < -0.39 is 17.7 Å². The maximum Gasteiger partial charge on any atom is 0.407 e. The van der Waals surface area contributed by atoms with Crippen molar-refractivity contribution in [3.8, 4) is 11.5 Å². The van der Waals surface area contributed by atoms with E-state index >= 15 is 0 Å². The summed E-state index contributed by atoms with van der Waals surface area (Å²) < 4.78 is 16.2. The van der Waals surface area contributed by atoms with Gasteiger partial charge in [-0.3, -0.25) is 9.78 Å². The summed E-state index contributed by atoms with van der Waals surface area (Å²) in [4.78, 5) is 29.1. The molecule has 2 atom stereocenters. The predicted molar refractivity (Wildman–Crippen MR) is 137 cm³/mol. The van der Waals surface area contributed by atoms with Crippen LogP contribution in [0.4, 0.5) is 4.79 Å². The number of rotatable bonds is 12. The Morgan fingerprint density at radius 3 is 2.47 bits per heavy atom. The highest BCUT2D eigenvalue weighted by Gasteiger charge is 2.24. The average Bonchev–Trinajstić information content (AvgIpc) is 3.31. The number of fused-ring (bicyclic) bond motifs is 1. The summed E-state index contributed by atoms with van der Waals surface area (Å²) in [6, 6.07) is 8.78. The van der Waals surface area contributed by atoms with Gasteiger partial charge < -0.3 is 30.2 Å². The maximum atomic E-state index is 13.2. The van der Waals surface area contributed by atoms with Crippen molar-refractivity contribution in [2.75, 3.05) is 19.9 Å². The van der Waals surface area contributed by atoms with Crippen LogP contribution in [0.1, 0.15) is 64.1 Å². The Kier molecular flexibility index (Phi) is 9.93. The molecule has 0 aliphatic carbocycles. The van der Waals surface area contributed by atoms with Gasteiger partial charge >= 0.3 is 6.09 Å². The minimum absolute atomic E-state index is 0.120. The molecule has 2 aromatic rings. The number of nitrogens with zero attached hydrogens (tertiary/aromatic N) is 1. The number of alkyl carbamates (subject to hydrolysis) is 1. The number of aromatic nitrogens is 1. The molecule has 2 heterocycles. The van der Waals surface area contributed by atoms with Crippen molar-refractivity contribution in [1.82, 2.24) is 20.9 Å². The first-order valence-electron chi connectivity index (χ1n) is 12.5. The Bertz CT molecular complexity index is 993. The van der Waals surface area contributed by atoms with E-state index in [1.165, 1.54) is 0 Å². The lowest BCUT2D eigenvalue weighted by Gasteiger charge is -2.22. The molecule has 3 rings (SSSR count). The number of pyridine rings is 1. The zero-order valence-corrected chi connectivity index (χ0v) is 21.6. The van der Waals surface area contributed by atoms with Crippen LogP contribution in [0.3, 0.4) is 0 Å². The van der Waals surface area contributed by atoms with E-state index in [0.717, 1.165) is 30.4 Å². The summed E-state index contributed by atoms with van der Waals surface area (Å²) in [6.45, 7) is 9.45. The second kappa shape index (κ2) is 13.1. The highest BCUT2D eigenvalue weighted by atomic mass is 16.7. The van der Waals surface area contributed by atoms with Crippen LogP contribution in [0.15, 0.2) is 42.7 Å². The Hall–Kier alpha value is -3.33. The van der Waals surface area contributed by atoms with Crippen molar-refractivity contribution in [1.29, 1.82) is 0 Å². The lowest BCUT2D eigenvalue weighted by atomic mass is 9.97. The fourth-order valence-corrected chi connectivity index (χ4v) is 3.92. The second-order valence-corrected chi connectivity index (χ2v) is 9.85. The third-order valence-electron chi connectivity index (χ3n) is 5.91. The fourth-order valence-electron chi connectivity index (χ4n) is 3.92. The number of hydrogen-bond donors (Lipinski definition) is 3. The van der Waals surface area contributed by atoms with Crippen molar-refractivity contribution in [3.63, 3.8) is 0 Å². The van der Waals surface area contributed by atoms with Gasteiger partial charge in [-0.2, -0.15) is 0 Å². The number of nitrogens with one attached hydrogen (secondary N) is 3. The molecule has 0 fully saturated rings. The van der Waals surface area contributed by atoms with Gasteiger partial charge in [0.15, 0.2) is 11.5 Å². The van der Waals surface area contributed by atoms with Gasteiger partial charge in [0.2, 0.25) is 12.7 Å². The Morgan fingerprint density at radius 2 is 1.75 bits per heavy atom. The number of amides is 2. The summed E-state index contributed by atoms with van der Waals surface area (Å²) in [5.74, 6) is 1.59. The Balaban J connectivity index is 1.55. The first kappa shape index (κ1) is 27.3. The van der Waals surface area contributed by atoms with Gasteiger partial charge in [0.1, 0.15) is 11.6 Å². The van der Waals surface area contributed by atoms with Gasteiger partial charge in [-0.1, -0.05) is 19.4 Å². The second-order valence-electron chi connectivity index (χ2n) is 9.85. The molecular weight excluding hydrogens is 460 g/mol. The van der Waals surface area contributed by atoms with E-state index in [1.807, 2.05) is 51.1 Å². The molecule has 2 amide bonds. The molecule has 1 aliphatic rings. The molecule has 1 aromatic heterocycles. The minimum atomic E-state index is -0.543. The largest absolute Gasteiger partial charge is 0.454 e. The predicted octanol–water partition coefficient (Wildman–Crippen LogP) is 4.09. The smallest absolute Gasteiger partial charge is 0.407 e. The molecule has 1 aliphatic heterocycles. The molecule has 3 N–H and O–H groups in total. The van der Waals surface area contributed by atoms with Gasteiger partial charge in [-0.25, -0.2) is 4.79 Å². The highest BCUT2D eigenvalue weighted by molar-refractivity contribution is 5.83. The van der Waals surface area contributed by atoms with Crippen molar-refractivity contribution in [2.45, 2.75) is 65.1 Å². The molecule has 0 spiro atoms. The van der Waals surface area contributed by atoms with Gasteiger partial charge in [0, 0.05) is 25.5 Å². The third kappa shape index (κ3) is 8.71. The molecule has 0 saturated heterocycles. The molecule has 0 radical (unpaired) electrons. The summed E-state index contributed by atoms with van der Waals surface area (Å²) in [5, 5.41) is 9.27. The average molecular weight is 499 g/mol. The van der Waals surface area contributed by atoms with Gasteiger partial charge in [-0.15, -0.1) is 0 Å². The van der Waals surface area contributed by atoms with E-state index in [-0.39, 0.29) is 12.7 Å². The molecule has 1 aromatic carbocycles. The molecule has 9 nitrogen and oxygen atoms in total. The number of ether oxygens (including phenoxy) is 3. The third-order valence-corrected chi connectivity index (χ3v) is 5.91. The number of carbonyl (C=O) groups excluding carboxylic acids is 2. The lowest BCUT2D eigenvalue weighted by Crippen LogP contribution is -2.38. The molecule has 2 unspecified atom stereocenters. The van der Waals surface area contributed by atoms with E-state index in [2.05, 4.69) is 27.9 Å². The summed E-state index contributed by atoms with van der Waals surface area (Å²) in [6.07, 6.45) is 5.69. The Morgan fingerprint density at radius 1 is 1.03 bits per heavy atom. The lowest BCUT2D eigenvalue weighted by molar-refractivity contribution is -0.123. The number of hydrogen-bond acceptors (Lipinski definition) is 7. The van der Waals surface area contributed by atoms with Crippen LogP contribution in [-0.2, 0) is 16.1 Å². The van der Waals surface area contributed by atoms with Gasteiger partial charge in [0.05, 0.1) is 0 Å². The van der Waals surface area contributed by atoms with E-state index in [0.29, 0.717) is 37.1 Å². The molecule has 0 saturated carbocycles. The van der Waals surface area contributed by atoms with Crippen LogP contribution in [0.25, 0.3) is 0 Å². The highest BCUT2D eigenvalue weighted by Crippen LogP contribution is 2.34. The normalized spacial score (nSPS) is 14.1. The minimum Gasteiger partial charge on any atom is -0.454 e. The van der Waals surface area contributed by atoms with Crippen molar-refractivity contribution in [2.24, 2.45) is 5.92 Å². The first-order chi connectivity index (χ1) is 17.2. The van der Waals surface area contributed by atoms with E-state index in [1.54, 1.807) is 12.4 Å². The molecule has 36 heavy (non-hydrogen) atoms. The van der Waals surface area contributed by atoms with Gasteiger partial charge in [-0.05, 0) is 81.5 Å². The molecular formula is C27H38N4O5. The van der Waals surface area contributed by atoms with Crippen LogP contribution in [0, 0.1) is 5.92 Å². The van der Waals surface area contributed by atoms with E-state index in [4.69, 9.17) is 14.2 Å². The molecule has 9 heteroatoms. The summed E-state index contributed by atoms with van der Waals surface area (Å²) in [7, 11) is 0. The van der Waals surface area contributed by atoms with Crippen molar-refractivity contribution < 1.29 is 23.8 Å². The van der Waals surface area contributed by atoms with Crippen molar-refractivity contribution in [3.05, 3.63) is 53.9 Å². The quantitative estimate of drug-likeness (QED) is 0.404. The monoisotopic (exact) mass is 498 g/mol. The fraction of sp³-hybridized carbons (Fsp3) is 0.519. The van der Waals surface area contributed by atoms with Crippen LogP contribution in [-0.4, -0.2) is 42.5 Å². The first-order valence-corrected chi connectivity index (χ1v) is 12.5. The SMILES string of the molecule is CCC(CCNC(=O)OC(C)(C)C)CCNC(C(=O)NCc1ccncc1)c1ccc2c(c1)OCO2. The van der Waals surface area contributed by atoms with Crippen LogP contribution < -0.4 is 25.4 Å².